The van der Waals surface area contributed by atoms with Crippen LogP contribution in [0.5, 0.6) is 5.75 Å². The molecule has 0 bridgehead atoms. The maximum Gasteiger partial charge on any atom is 0.573 e. The quantitative estimate of drug-likeness (QED) is 0.903. The van der Waals surface area contributed by atoms with Crippen molar-refractivity contribution in [1.29, 1.82) is 0 Å². The fourth-order valence-electron chi connectivity index (χ4n) is 3.00. The number of aliphatic hydroxyl groups is 1. The molecular formula is C14H17F3O2. The van der Waals surface area contributed by atoms with Crippen molar-refractivity contribution in [2.75, 3.05) is 0 Å². The summed E-state index contributed by atoms with van der Waals surface area (Å²) in [5.74, 6) is -0.316. The summed E-state index contributed by atoms with van der Waals surface area (Å²) in [4.78, 5) is 0. The minimum Gasteiger partial charge on any atom is -0.405 e. The number of hydrogen-bond donors (Lipinski definition) is 1. The maximum absolute atomic E-state index is 12.4. The number of halogens is 3. The van der Waals surface area contributed by atoms with Crippen molar-refractivity contribution in [2.24, 2.45) is 5.92 Å². The summed E-state index contributed by atoms with van der Waals surface area (Å²) in [5.41, 5.74) is -0.965. The highest BCUT2D eigenvalue weighted by Gasteiger charge is 2.44. The molecule has 0 saturated heterocycles. The fraction of sp³-hybridized carbons (Fsp3) is 0.571. The van der Waals surface area contributed by atoms with E-state index < -0.39 is 12.0 Å². The third-order valence-corrected chi connectivity index (χ3v) is 3.86. The molecule has 1 fully saturated rings. The van der Waals surface area contributed by atoms with Gasteiger partial charge in [0.1, 0.15) is 5.75 Å². The lowest BCUT2D eigenvalue weighted by molar-refractivity contribution is -0.275. The van der Waals surface area contributed by atoms with E-state index in [-0.39, 0.29) is 17.2 Å². The summed E-state index contributed by atoms with van der Waals surface area (Å²) in [6.45, 7) is 1.94. The van der Waals surface area contributed by atoms with Gasteiger partial charge in [-0.1, -0.05) is 31.5 Å². The van der Waals surface area contributed by atoms with Gasteiger partial charge in [-0.05, 0) is 31.2 Å². The Hall–Kier alpha value is -1.23. The van der Waals surface area contributed by atoms with Gasteiger partial charge in [0.05, 0.1) is 5.60 Å². The molecule has 0 aromatic heterocycles. The molecule has 2 rings (SSSR count). The van der Waals surface area contributed by atoms with Gasteiger partial charge in [0, 0.05) is 5.56 Å². The maximum atomic E-state index is 12.4. The Bertz CT molecular complexity index is 445. The number of rotatable bonds is 3. The number of para-hydroxylation sites is 1. The highest BCUT2D eigenvalue weighted by atomic mass is 19.4. The van der Waals surface area contributed by atoms with Crippen LogP contribution in [0.4, 0.5) is 13.2 Å². The van der Waals surface area contributed by atoms with E-state index in [1.54, 1.807) is 6.07 Å². The van der Waals surface area contributed by atoms with Crippen LogP contribution in [-0.4, -0.2) is 11.5 Å². The SMILES string of the molecule is CCC1CCCC1(O)c1ccccc1OC(F)(F)F. The monoisotopic (exact) mass is 274 g/mol. The van der Waals surface area contributed by atoms with Crippen LogP contribution in [-0.2, 0) is 5.60 Å². The first kappa shape index (κ1) is 14.2. The van der Waals surface area contributed by atoms with Gasteiger partial charge in [-0.3, -0.25) is 0 Å². The molecule has 1 aliphatic rings. The zero-order chi connectivity index (χ0) is 14.1. The average Bonchev–Trinajstić information content (AvgIpc) is 2.70. The van der Waals surface area contributed by atoms with Crippen LogP contribution in [0.1, 0.15) is 38.2 Å². The molecule has 2 nitrogen and oxygen atoms in total. The number of ether oxygens (including phenoxy) is 1. The summed E-state index contributed by atoms with van der Waals surface area (Å²) in [6, 6.07) is 5.88. The molecule has 0 spiro atoms. The van der Waals surface area contributed by atoms with Crippen LogP contribution >= 0.6 is 0 Å². The third kappa shape index (κ3) is 2.86. The predicted molar refractivity (Wildman–Crippen MR) is 64.7 cm³/mol. The first-order valence-corrected chi connectivity index (χ1v) is 6.44. The van der Waals surface area contributed by atoms with E-state index in [1.807, 2.05) is 6.92 Å². The zero-order valence-corrected chi connectivity index (χ0v) is 10.7. The second-order valence-electron chi connectivity index (χ2n) is 4.97. The fourth-order valence-corrected chi connectivity index (χ4v) is 3.00. The third-order valence-electron chi connectivity index (χ3n) is 3.86. The van der Waals surface area contributed by atoms with Crippen LogP contribution in [0.2, 0.25) is 0 Å². The Morgan fingerprint density at radius 1 is 1.37 bits per heavy atom. The molecule has 1 saturated carbocycles. The van der Waals surface area contributed by atoms with E-state index in [0.29, 0.717) is 6.42 Å². The summed E-state index contributed by atoms with van der Waals surface area (Å²) < 4.78 is 41.3. The Morgan fingerprint density at radius 2 is 2.05 bits per heavy atom. The number of benzene rings is 1. The lowest BCUT2D eigenvalue weighted by Crippen LogP contribution is -2.31. The Kier molecular flexibility index (Phi) is 3.76. The summed E-state index contributed by atoms with van der Waals surface area (Å²) >= 11 is 0. The van der Waals surface area contributed by atoms with Gasteiger partial charge in [-0.2, -0.15) is 0 Å². The molecule has 19 heavy (non-hydrogen) atoms. The van der Waals surface area contributed by atoms with Gasteiger partial charge in [0.15, 0.2) is 0 Å². The lowest BCUT2D eigenvalue weighted by Gasteiger charge is -2.31. The molecule has 106 valence electrons. The van der Waals surface area contributed by atoms with E-state index in [0.717, 1.165) is 19.3 Å². The van der Waals surface area contributed by atoms with Gasteiger partial charge >= 0.3 is 6.36 Å². The Labute approximate surface area is 110 Å². The van der Waals surface area contributed by atoms with Crippen LogP contribution in [0, 0.1) is 5.92 Å². The van der Waals surface area contributed by atoms with Crippen LogP contribution in [0.25, 0.3) is 0 Å². The summed E-state index contributed by atoms with van der Waals surface area (Å²) in [5, 5.41) is 10.8. The normalized spacial score (nSPS) is 27.5. The Balaban J connectivity index is 2.39. The highest BCUT2D eigenvalue weighted by molar-refractivity contribution is 5.39. The number of hydrogen-bond acceptors (Lipinski definition) is 2. The minimum absolute atomic E-state index is 0.0227. The van der Waals surface area contributed by atoms with Crippen molar-refractivity contribution < 1.29 is 23.0 Å². The Morgan fingerprint density at radius 3 is 2.68 bits per heavy atom. The molecule has 0 heterocycles. The lowest BCUT2D eigenvalue weighted by atomic mass is 9.82. The molecule has 1 aliphatic carbocycles. The van der Waals surface area contributed by atoms with Crippen molar-refractivity contribution in [1.82, 2.24) is 0 Å². The van der Waals surface area contributed by atoms with E-state index >= 15 is 0 Å². The van der Waals surface area contributed by atoms with Crippen LogP contribution in [0.3, 0.4) is 0 Å². The standard InChI is InChI=1S/C14H17F3O2/c1-2-10-6-5-9-13(10,18)11-7-3-4-8-12(11)19-14(15,16)17/h3-4,7-8,10,18H,2,5-6,9H2,1H3. The van der Waals surface area contributed by atoms with Crippen molar-refractivity contribution >= 4 is 0 Å². The topological polar surface area (TPSA) is 29.5 Å². The molecule has 5 heteroatoms. The molecular weight excluding hydrogens is 257 g/mol. The molecule has 1 aromatic carbocycles. The molecule has 0 radical (unpaired) electrons. The second kappa shape index (κ2) is 5.04. The smallest absolute Gasteiger partial charge is 0.405 e. The van der Waals surface area contributed by atoms with Crippen molar-refractivity contribution in [2.45, 2.75) is 44.6 Å². The van der Waals surface area contributed by atoms with Gasteiger partial charge < -0.3 is 9.84 Å². The van der Waals surface area contributed by atoms with Gasteiger partial charge in [-0.15, -0.1) is 13.2 Å². The molecule has 0 amide bonds. The van der Waals surface area contributed by atoms with Gasteiger partial charge in [-0.25, -0.2) is 0 Å². The van der Waals surface area contributed by atoms with Crippen LogP contribution < -0.4 is 4.74 Å². The first-order chi connectivity index (χ1) is 8.87. The second-order valence-corrected chi connectivity index (χ2v) is 4.97. The minimum atomic E-state index is -4.74. The van der Waals surface area contributed by atoms with Crippen molar-refractivity contribution in [3.05, 3.63) is 29.8 Å². The molecule has 1 N–H and O–H groups in total. The van der Waals surface area contributed by atoms with Crippen molar-refractivity contribution in [3.8, 4) is 5.75 Å². The van der Waals surface area contributed by atoms with Crippen molar-refractivity contribution in [3.63, 3.8) is 0 Å². The largest absolute Gasteiger partial charge is 0.573 e. The van der Waals surface area contributed by atoms with E-state index in [2.05, 4.69) is 4.74 Å². The van der Waals surface area contributed by atoms with E-state index in [9.17, 15) is 18.3 Å². The van der Waals surface area contributed by atoms with Crippen LogP contribution in [0.15, 0.2) is 24.3 Å². The van der Waals surface area contributed by atoms with E-state index in [4.69, 9.17) is 0 Å². The molecule has 0 aliphatic heterocycles. The first-order valence-electron chi connectivity index (χ1n) is 6.44. The number of alkyl halides is 3. The highest BCUT2D eigenvalue weighted by Crippen LogP contribution is 2.48. The molecule has 2 unspecified atom stereocenters. The summed E-state index contributed by atoms with van der Waals surface area (Å²) in [6.07, 6.45) is -1.89. The van der Waals surface area contributed by atoms with Gasteiger partial charge in [0.25, 0.3) is 0 Å². The predicted octanol–water partition coefficient (Wildman–Crippen LogP) is 3.98. The average molecular weight is 274 g/mol. The molecule has 1 aromatic rings. The van der Waals surface area contributed by atoms with Gasteiger partial charge in [0.2, 0.25) is 0 Å². The summed E-state index contributed by atoms with van der Waals surface area (Å²) in [7, 11) is 0. The zero-order valence-electron chi connectivity index (χ0n) is 10.7. The molecule has 2 atom stereocenters. The van der Waals surface area contributed by atoms with E-state index in [1.165, 1.54) is 18.2 Å².